The smallest absolute Gasteiger partial charge is 0.349 e. The fourth-order valence-corrected chi connectivity index (χ4v) is 4.05. The van der Waals surface area contributed by atoms with Crippen molar-refractivity contribution in [1.82, 2.24) is 9.55 Å². The highest BCUT2D eigenvalue weighted by Gasteiger charge is 2.40. The van der Waals surface area contributed by atoms with Crippen molar-refractivity contribution in [3.63, 3.8) is 0 Å². The van der Waals surface area contributed by atoms with E-state index in [1.54, 1.807) is 30.3 Å². The fraction of sp³-hybridized carbons (Fsp3) is 0.389. The van der Waals surface area contributed by atoms with Crippen LogP contribution in [0.4, 0.5) is 5.82 Å². The molecule has 12 nitrogen and oxygen atoms in total. The van der Waals surface area contributed by atoms with E-state index in [9.17, 15) is 26.4 Å². The average Bonchev–Trinajstić information content (AvgIpc) is 3.07. The molecule has 1 aliphatic heterocycles. The molecule has 1 aromatic carbocycles. The van der Waals surface area contributed by atoms with E-state index in [0.29, 0.717) is 5.56 Å². The molecular formula is C18H21N3O9S2. The SMILES string of the molecule is CS(=O)(=O)OC[C@H]1O[C@@H](n2ccc(NC(=O)c3ccccc3)nc2=O)C[C@H]1OS(C)(=O)=O. The minimum atomic E-state index is -3.89. The molecule has 32 heavy (non-hydrogen) atoms. The number of carbonyl (C=O) groups is 1. The zero-order chi connectivity index (χ0) is 23.5. The van der Waals surface area contributed by atoms with E-state index in [2.05, 4.69) is 10.3 Å². The second kappa shape index (κ2) is 9.46. The van der Waals surface area contributed by atoms with Gasteiger partial charge < -0.3 is 10.1 Å². The molecule has 174 valence electrons. The van der Waals surface area contributed by atoms with Crippen molar-refractivity contribution >= 4 is 32.0 Å². The second-order valence-corrected chi connectivity index (χ2v) is 10.3. The molecule has 1 fully saturated rings. The molecule has 0 bridgehead atoms. The molecule has 1 aliphatic rings. The summed E-state index contributed by atoms with van der Waals surface area (Å²) in [7, 11) is -7.71. The van der Waals surface area contributed by atoms with Gasteiger partial charge in [-0.15, -0.1) is 0 Å². The molecule has 1 amide bonds. The summed E-state index contributed by atoms with van der Waals surface area (Å²) in [4.78, 5) is 28.5. The lowest BCUT2D eigenvalue weighted by atomic mass is 10.2. The lowest BCUT2D eigenvalue weighted by Gasteiger charge is -2.17. The van der Waals surface area contributed by atoms with Gasteiger partial charge >= 0.3 is 5.69 Å². The number of nitrogens with one attached hydrogen (secondary N) is 1. The molecule has 2 aromatic rings. The first-order valence-corrected chi connectivity index (χ1v) is 12.9. The van der Waals surface area contributed by atoms with Crippen LogP contribution in [0.1, 0.15) is 23.0 Å². The van der Waals surface area contributed by atoms with Crippen LogP contribution in [0.3, 0.4) is 0 Å². The van der Waals surface area contributed by atoms with Gasteiger partial charge in [-0.25, -0.2) is 4.79 Å². The number of rotatable bonds is 8. The summed E-state index contributed by atoms with van der Waals surface area (Å²) < 4.78 is 62.0. The van der Waals surface area contributed by atoms with Gasteiger partial charge in [0.2, 0.25) is 0 Å². The Balaban J connectivity index is 1.76. The summed E-state index contributed by atoms with van der Waals surface area (Å²) in [6, 6.07) is 9.71. The molecule has 0 aliphatic carbocycles. The molecule has 0 saturated carbocycles. The Bertz CT molecular complexity index is 1240. The topological polar surface area (TPSA) is 160 Å². The number of aromatic nitrogens is 2. The number of hydrogen-bond acceptors (Lipinski definition) is 10. The molecular weight excluding hydrogens is 466 g/mol. The highest BCUT2D eigenvalue weighted by atomic mass is 32.2. The maximum Gasteiger partial charge on any atom is 0.351 e. The van der Waals surface area contributed by atoms with Crippen molar-refractivity contribution < 1.29 is 34.7 Å². The Labute approximate surface area is 184 Å². The molecule has 1 aromatic heterocycles. The summed E-state index contributed by atoms with van der Waals surface area (Å²) in [6.07, 6.45) is -0.237. The van der Waals surface area contributed by atoms with Gasteiger partial charge in [0.1, 0.15) is 24.3 Å². The lowest BCUT2D eigenvalue weighted by molar-refractivity contribution is -0.0351. The van der Waals surface area contributed by atoms with Crippen LogP contribution in [0.5, 0.6) is 0 Å². The largest absolute Gasteiger partial charge is 0.351 e. The number of ether oxygens (including phenoxy) is 1. The number of amides is 1. The van der Waals surface area contributed by atoms with Crippen molar-refractivity contribution in [2.45, 2.75) is 24.9 Å². The van der Waals surface area contributed by atoms with E-state index >= 15 is 0 Å². The first-order valence-electron chi connectivity index (χ1n) is 9.25. The summed E-state index contributed by atoms with van der Waals surface area (Å²) in [5.74, 6) is -0.439. The van der Waals surface area contributed by atoms with Crippen LogP contribution in [-0.4, -0.2) is 63.6 Å². The number of hydrogen-bond donors (Lipinski definition) is 1. The van der Waals surface area contributed by atoms with E-state index < -0.39 is 56.9 Å². The lowest BCUT2D eigenvalue weighted by Crippen LogP contribution is -2.31. The summed E-state index contributed by atoms with van der Waals surface area (Å²) in [6.45, 7) is -0.497. The van der Waals surface area contributed by atoms with Crippen molar-refractivity contribution in [2.75, 3.05) is 24.4 Å². The number of carbonyl (C=O) groups excluding carboxylic acids is 1. The van der Waals surface area contributed by atoms with Gasteiger partial charge in [-0.1, -0.05) is 18.2 Å². The first-order chi connectivity index (χ1) is 14.9. The van der Waals surface area contributed by atoms with Gasteiger partial charge in [0.25, 0.3) is 26.1 Å². The summed E-state index contributed by atoms with van der Waals surface area (Å²) in [5.41, 5.74) is -0.393. The van der Waals surface area contributed by atoms with E-state index in [-0.39, 0.29) is 12.2 Å². The third-order valence-corrected chi connectivity index (χ3v) is 5.50. The highest BCUT2D eigenvalue weighted by molar-refractivity contribution is 7.86. The van der Waals surface area contributed by atoms with Crippen molar-refractivity contribution in [3.8, 4) is 0 Å². The maximum atomic E-state index is 12.5. The van der Waals surface area contributed by atoms with Crippen molar-refractivity contribution in [3.05, 3.63) is 58.6 Å². The first kappa shape index (κ1) is 24.0. The third kappa shape index (κ3) is 6.67. The molecule has 2 heterocycles. The molecule has 3 atom stereocenters. The molecule has 1 saturated heterocycles. The van der Waals surface area contributed by atoms with Gasteiger partial charge in [-0.3, -0.25) is 17.7 Å². The number of nitrogens with zero attached hydrogens (tertiary/aromatic N) is 2. The van der Waals surface area contributed by atoms with Crippen LogP contribution < -0.4 is 11.0 Å². The van der Waals surface area contributed by atoms with Gasteiger partial charge in [0.05, 0.1) is 19.1 Å². The quantitative estimate of drug-likeness (QED) is 0.506. The van der Waals surface area contributed by atoms with Gasteiger partial charge in [0, 0.05) is 18.2 Å². The highest BCUT2D eigenvalue weighted by Crippen LogP contribution is 2.31. The number of benzene rings is 1. The minimum absolute atomic E-state index is 0.0130. The Morgan fingerprint density at radius 2 is 1.84 bits per heavy atom. The minimum Gasteiger partial charge on any atom is -0.349 e. The zero-order valence-electron chi connectivity index (χ0n) is 17.1. The van der Waals surface area contributed by atoms with E-state index in [1.807, 2.05) is 0 Å². The van der Waals surface area contributed by atoms with Gasteiger partial charge in [-0.05, 0) is 18.2 Å². The van der Waals surface area contributed by atoms with Crippen LogP contribution in [0, 0.1) is 0 Å². The van der Waals surface area contributed by atoms with Crippen LogP contribution >= 0.6 is 0 Å². The van der Waals surface area contributed by atoms with E-state index in [1.165, 1.54) is 12.3 Å². The molecule has 0 radical (unpaired) electrons. The molecule has 1 N–H and O–H groups in total. The number of anilines is 1. The fourth-order valence-electron chi connectivity index (χ4n) is 3.02. The molecule has 0 unspecified atom stereocenters. The normalized spacial score (nSPS) is 21.4. The van der Waals surface area contributed by atoms with Crippen LogP contribution in [0.2, 0.25) is 0 Å². The Morgan fingerprint density at radius 3 is 2.44 bits per heavy atom. The maximum absolute atomic E-state index is 12.5. The van der Waals surface area contributed by atoms with E-state index in [0.717, 1.165) is 17.1 Å². The standard InChI is InChI=1S/C18H21N3O9S2/c1-31(24,25)28-11-14-13(30-32(2,26)27)10-16(29-14)21-9-8-15(20-18(21)23)19-17(22)12-6-4-3-5-7-12/h3-9,13-14,16H,10-11H2,1-2H3,(H,19,20,22,23)/t13-,14-,16-/m1/s1. The summed E-state index contributed by atoms with van der Waals surface area (Å²) in [5, 5.41) is 2.51. The Hall–Kier alpha value is -2.65. The molecule has 14 heteroatoms. The van der Waals surface area contributed by atoms with Crippen molar-refractivity contribution in [1.29, 1.82) is 0 Å². The third-order valence-electron chi connectivity index (χ3n) is 4.34. The van der Waals surface area contributed by atoms with Gasteiger partial charge in [-0.2, -0.15) is 21.8 Å². The molecule has 3 rings (SSSR count). The molecule has 0 spiro atoms. The monoisotopic (exact) mass is 487 g/mol. The van der Waals surface area contributed by atoms with Gasteiger partial charge in [0.15, 0.2) is 0 Å². The Morgan fingerprint density at radius 1 is 1.16 bits per heavy atom. The Kier molecular flexibility index (Phi) is 7.09. The van der Waals surface area contributed by atoms with E-state index in [4.69, 9.17) is 13.1 Å². The van der Waals surface area contributed by atoms with Crippen molar-refractivity contribution in [2.24, 2.45) is 0 Å². The van der Waals surface area contributed by atoms with Crippen LogP contribution in [0.25, 0.3) is 0 Å². The van der Waals surface area contributed by atoms with Crippen LogP contribution in [-0.2, 0) is 33.3 Å². The van der Waals surface area contributed by atoms with Crippen LogP contribution in [0.15, 0.2) is 47.4 Å². The predicted molar refractivity (Wildman–Crippen MR) is 112 cm³/mol. The zero-order valence-corrected chi connectivity index (χ0v) is 18.7. The second-order valence-electron chi connectivity index (χ2n) is 7.02. The predicted octanol–water partition coefficient (Wildman–Crippen LogP) is 0.104. The average molecular weight is 488 g/mol. The summed E-state index contributed by atoms with van der Waals surface area (Å²) >= 11 is 0.